The fraction of sp³-hybridized carbons (Fsp3) is 0.875. The molecule has 0 amide bonds. The van der Waals surface area contributed by atoms with Crippen molar-refractivity contribution in [3.63, 3.8) is 0 Å². The Morgan fingerprint density at radius 1 is 1.73 bits per heavy atom. The summed E-state index contributed by atoms with van der Waals surface area (Å²) in [5.74, 6) is 0.0943. The zero-order valence-corrected chi connectivity index (χ0v) is 7.17. The molecule has 64 valence electrons. The van der Waals surface area contributed by atoms with Crippen molar-refractivity contribution < 1.29 is 9.53 Å². The van der Waals surface area contributed by atoms with Crippen molar-refractivity contribution in [2.45, 2.75) is 13.3 Å². The Hall–Kier alpha value is -0.570. The summed E-state index contributed by atoms with van der Waals surface area (Å²) in [5.41, 5.74) is 0. The lowest BCUT2D eigenvalue weighted by molar-refractivity contribution is -0.147. The van der Waals surface area contributed by atoms with Gasteiger partial charge in [0.15, 0.2) is 0 Å². The van der Waals surface area contributed by atoms with Crippen LogP contribution in [0.3, 0.4) is 0 Å². The molecule has 1 heterocycles. The number of likely N-dealkylation sites (tertiary alicyclic amines) is 1. The second-order valence-corrected chi connectivity index (χ2v) is 3.00. The zero-order chi connectivity index (χ0) is 8.27. The molecule has 0 bridgehead atoms. The molecule has 1 fully saturated rings. The highest BCUT2D eigenvalue weighted by Crippen LogP contribution is 2.15. The van der Waals surface area contributed by atoms with Gasteiger partial charge in [0.2, 0.25) is 0 Å². The van der Waals surface area contributed by atoms with Crippen molar-refractivity contribution in [1.82, 2.24) is 4.90 Å². The Morgan fingerprint density at radius 3 is 2.91 bits per heavy atom. The fourth-order valence-electron chi connectivity index (χ4n) is 1.39. The van der Waals surface area contributed by atoms with Crippen LogP contribution < -0.4 is 0 Å². The molecule has 0 saturated carbocycles. The molecule has 0 N–H and O–H groups in total. The number of esters is 1. The van der Waals surface area contributed by atoms with Crippen molar-refractivity contribution in [2.75, 3.05) is 26.7 Å². The second kappa shape index (κ2) is 3.72. The van der Waals surface area contributed by atoms with Crippen LogP contribution in [0, 0.1) is 5.92 Å². The Morgan fingerprint density at radius 2 is 2.45 bits per heavy atom. The summed E-state index contributed by atoms with van der Waals surface area (Å²) in [6, 6.07) is 0. The number of rotatable bonds is 2. The van der Waals surface area contributed by atoms with Crippen LogP contribution in [0.1, 0.15) is 13.3 Å². The van der Waals surface area contributed by atoms with Crippen LogP contribution in [0.2, 0.25) is 0 Å². The minimum atomic E-state index is -0.0307. The first-order valence-corrected chi connectivity index (χ1v) is 4.09. The highest BCUT2D eigenvalue weighted by Gasteiger charge is 2.26. The largest absolute Gasteiger partial charge is 0.466 e. The number of carbonyl (C=O) groups is 1. The number of ether oxygens (including phenoxy) is 1. The number of nitrogens with zero attached hydrogens (tertiary/aromatic N) is 1. The molecule has 11 heavy (non-hydrogen) atoms. The van der Waals surface area contributed by atoms with Gasteiger partial charge in [0.05, 0.1) is 12.5 Å². The van der Waals surface area contributed by atoms with Gasteiger partial charge in [0.1, 0.15) is 0 Å². The molecule has 0 aromatic rings. The lowest BCUT2D eigenvalue weighted by Gasteiger charge is -2.08. The summed E-state index contributed by atoms with van der Waals surface area (Å²) < 4.78 is 4.91. The predicted molar refractivity (Wildman–Crippen MR) is 42.2 cm³/mol. The predicted octanol–water partition coefficient (Wildman–Crippen LogP) is 0.501. The van der Waals surface area contributed by atoms with E-state index in [2.05, 4.69) is 4.90 Å². The Bertz CT molecular complexity index is 147. The Labute approximate surface area is 67.3 Å². The Kier molecular flexibility index (Phi) is 2.88. The first-order chi connectivity index (χ1) is 5.24. The average Bonchev–Trinajstić information content (AvgIpc) is 2.36. The smallest absolute Gasteiger partial charge is 0.310 e. The average molecular weight is 157 g/mol. The highest BCUT2D eigenvalue weighted by atomic mass is 16.5. The standard InChI is InChI=1S/C8H15NO2/c1-3-11-8(10)7-4-5-9(2)6-7/h7H,3-6H2,1-2H3/t7-/m1/s1. The van der Waals surface area contributed by atoms with Gasteiger partial charge in [0, 0.05) is 6.54 Å². The van der Waals surface area contributed by atoms with E-state index in [0.29, 0.717) is 6.61 Å². The van der Waals surface area contributed by atoms with Crippen LogP contribution in [0.5, 0.6) is 0 Å². The van der Waals surface area contributed by atoms with E-state index in [1.807, 2.05) is 14.0 Å². The molecular weight excluding hydrogens is 142 g/mol. The van der Waals surface area contributed by atoms with E-state index in [0.717, 1.165) is 19.5 Å². The SMILES string of the molecule is CCOC(=O)[C@@H]1CCN(C)C1. The van der Waals surface area contributed by atoms with E-state index < -0.39 is 0 Å². The Balaban J connectivity index is 2.31. The third kappa shape index (κ3) is 2.19. The molecule has 1 atom stereocenters. The van der Waals surface area contributed by atoms with Gasteiger partial charge < -0.3 is 9.64 Å². The molecule has 0 spiro atoms. The molecule has 1 saturated heterocycles. The van der Waals surface area contributed by atoms with E-state index in [9.17, 15) is 4.79 Å². The van der Waals surface area contributed by atoms with Crippen molar-refractivity contribution in [3.8, 4) is 0 Å². The summed E-state index contributed by atoms with van der Waals surface area (Å²) in [6.07, 6.45) is 0.954. The normalized spacial score (nSPS) is 25.5. The van der Waals surface area contributed by atoms with Gasteiger partial charge in [-0.3, -0.25) is 4.79 Å². The summed E-state index contributed by atoms with van der Waals surface area (Å²) in [4.78, 5) is 13.3. The molecular formula is C8H15NO2. The number of carbonyl (C=O) groups excluding carboxylic acids is 1. The molecule has 1 aliphatic rings. The number of hydrogen-bond acceptors (Lipinski definition) is 3. The molecule has 0 aromatic carbocycles. The van der Waals surface area contributed by atoms with Crippen LogP contribution in [-0.2, 0) is 9.53 Å². The second-order valence-electron chi connectivity index (χ2n) is 3.00. The van der Waals surface area contributed by atoms with Crippen molar-refractivity contribution in [1.29, 1.82) is 0 Å². The minimum Gasteiger partial charge on any atom is -0.466 e. The molecule has 0 unspecified atom stereocenters. The molecule has 1 rings (SSSR count). The van der Waals surface area contributed by atoms with Gasteiger partial charge in [-0.15, -0.1) is 0 Å². The maximum atomic E-state index is 11.1. The summed E-state index contributed by atoms with van der Waals surface area (Å²) in [5, 5.41) is 0. The third-order valence-electron chi connectivity index (χ3n) is 2.01. The van der Waals surface area contributed by atoms with Crippen LogP contribution in [0.4, 0.5) is 0 Å². The summed E-state index contributed by atoms with van der Waals surface area (Å²) >= 11 is 0. The summed E-state index contributed by atoms with van der Waals surface area (Å²) in [6.45, 7) is 4.22. The molecule has 0 radical (unpaired) electrons. The van der Waals surface area contributed by atoms with Crippen LogP contribution in [0.15, 0.2) is 0 Å². The number of hydrogen-bond donors (Lipinski definition) is 0. The maximum absolute atomic E-state index is 11.1. The lowest BCUT2D eigenvalue weighted by atomic mass is 10.1. The molecule has 1 aliphatic heterocycles. The van der Waals surface area contributed by atoms with E-state index in [1.54, 1.807) is 0 Å². The molecule has 3 heteroatoms. The molecule has 0 aliphatic carbocycles. The van der Waals surface area contributed by atoms with Crippen LogP contribution in [0.25, 0.3) is 0 Å². The van der Waals surface area contributed by atoms with E-state index in [4.69, 9.17) is 4.74 Å². The summed E-state index contributed by atoms with van der Waals surface area (Å²) in [7, 11) is 2.03. The van der Waals surface area contributed by atoms with E-state index >= 15 is 0 Å². The van der Waals surface area contributed by atoms with E-state index in [-0.39, 0.29) is 11.9 Å². The van der Waals surface area contributed by atoms with Gasteiger partial charge >= 0.3 is 5.97 Å². The van der Waals surface area contributed by atoms with Gasteiger partial charge in [-0.2, -0.15) is 0 Å². The van der Waals surface area contributed by atoms with Gasteiger partial charge in [0.25, 0.3) is 0 Å². The monoisotopic (exact) mass is 157 g/mol. The minimum absolute atomic E-state index is 0.0307. The van der Waals surface area contributed by atoms with Crippen LogP contribution in [-0.4, -0.2) is 37.6 Å². The first-order valence-electron chi connectivity index (χ1n) is 4.09. The quantitative estimate of drug-likeness (QED) is 0.547. The van der Waals surface area contributed by atoms with Gasteiger partial charge in [-0.25, -0.2) is 0 Å². The van der Waals surface area contributed by atoms with Crippen molar-refractivity contribution in [2.24, 2.45) is 5.92 Å². The topological polar surface area (TPSA) is 29.5 Å². The van der Waals surface area contributed by atoms with Crippen molar-refractivity contribution >= 4 is 5.97 Å². The highest BCUT2D eigenvalue weighted by molar-refractivity contribution is 5.73. The van der Waals surface area contributed by atoms with E-state index in [1.165, 1.54) is 0 Å². The first kappa shape index (κ1) is 8.53. The van der Waals surface area contributed by atoms with Crippen LogP contribution >= 0.6 is 0 Å². The lowest BCUT2D eigenvalue weighted by Crippen LogP contribution is -2.21. The molecule has 3 nitrogen and oxygen atoms in total. The fourth-order valence-corrected chi connectivity index (χ4v) is 1.39. The zero-order valence-electron chi connectivity index (χ0n) is 7.17. The molecule has 0 aromatic heterocycles. The van der Waals surface area contributed by atoms with Crippen molar-refractivity contribution in [3.05, 3.63) is 0 Å². The van der Waals surface area contributed by atoms with Gasteiger partial charge in [-0.1, -0.05) is 0 Å². The third-order valence-corrected chi connectivity index (χ3v) is 2.01. The maximum Gasteiger partial charge on any atom is 0.310 e. The van der Waals surface area contributed by atoms with Gasteiger partial charge in [-0.05, 0) is 26.9 Å².